The lowest BCUT2D eigenvalue weighted by Crippen LogP contribution is -2.36. The first-order valence-corrected chi connectivity index (χ1v) is 7.37. The zero-order valence-corrected chi connectivity index (χ0v) is 12.8. The third-order valence-corrected chi connectivity index (χ3v) is 4.22. The lowest BCUT2D eigenvalue weighted by atomic mass is 9.75. The molecule has 0 saturated heterocycles. The Bertz CT molecular complexity index is 425. The first-order valence-electron chi connectivity index (χ1n) is 7.37. The van der Waals surface area contributed by atoms with Crippen molar-refractivity contribution in [1.82, 2.24) is 5.32 Å². The van der Waals surface area contributed by atoms with Crippen LogP contribution in [0.2, 0.25) is 0 Å². The molecular formula is C17H27NO. The van der Waals surface area contributed by atoms with E-state index < -0.39 is 0 Å². The number of benzene rings is 1. The van der Waals surface area contributed by atoms with E-state index in [9.17, 15) is 0 Å². The van der Waals surface area contributed by atoms with Gasteiger partial charge in [0.15, 0.2) is 0 Å². The molecule has 0 spiro atoms. The van der Waals surface area contributed by atoms with Gasteiger partial charge in [-0.1, -0.05) is 38.0 Å². The van der Waals surface area contributed by atoms with Gasteiger partial charge in [0, 0.05) is 18.2 Å². The van der Waals surface area contributed by atoms with Crippen molar-refractivity contribution in [3.05, 3.63) is 29.3 Å². The Morgan fingerprint density at radius 3 is 2.84 bits per heavy atom. The Hall–Kier alpha value is -1.02. The van der Waals surface area contributed by atoms with E-state index in [0.717, 1.165) is 12.3 Å². The van der Waals surface area contributed by atoms with Crippen LogP contribution in [-0.4, -0.2) is 13.2 Å². The van der Waals surface area contributed by atoms with Crippen molar-refractivity contribution >= 4 is 0 Å². The van der Waals surface area contributed by atoms with Gasteiger partial charge in [-0.25, -0.2) is 0 Å². The van der Waals surface area contributed by atoms with Crippen LogP contribution in [0.5, 0.6) is 5.75 Å². The molecule has 0 bridgehead atoms. The Morgan fingerprint density at radius 1 is 1.37 bits per heavy atom. The van der Waals surface area contributed by atoms with Crippen LogP contribution in [0, 0.1) is 12.3 Å². The molecule has 0 amide bonds. The van der Waals surface area contributed by atoms with E-state index in [2.05, 4.69) is 44.3 Å². The maximum absolute atomic E-state index is 5.44. The predicted octanol–water partition coefficient (Wildman–Crippen LogP) is 4.06. The number of hydrogen-bond acceptors (Lipinski definition) is 2. The maximum Gasteiger partial charge on any atom is 0.123 e. The highest BCUT2D eigenvalue weighted by Crippen LogP contribution is 2.35. The first kappa shape index (κ1) is 14.4. The van der Waals surface area contributed by atoms with Crippen molar-refractivity contribution in [2.45, 2.75) is 59.0 Å². The highest BCUT2D eigenvalue weighted by molar-refractivity contribution is 5.36. The van der Waals surface area contributed by atoms with Crippen molar-refractivity contribution in [3.63, 3.8) is 0 Å². The number of hydrogen-bond donors (Lipinski definition) is 1. The summed E-state index contributed by atoms with van der Waals surface area (Å²) in [6.07, 6.45) is 5.28. The van der Waals surface area contributed by atoms with E-state index in [4.69, 9.17) is 4.74 Å². The molecule has 1 fully saturated rings. The van der Waals surface area contributed by atoms with E-state index in [1.807, 2.05) is 0 Å². The fourth-order valence-electron chi connectivity index (χ4n) is 3.17. The quantitative estimate of drug-likeness (QED) is 0.882. The highest BCUT2D eigenvalue weighted by atomic mass is 16.5. The molecule has 106 valence electrons. The Morgan fingerprint density at radius 2 is 2.16 bits per heavy atom. The molecule has 2 nitrogen and oxygen atoms in total. The minimum Gasteiger partial charge on any atom is -0.496 e. The van der Waals surface area contributed by atoms with Gasteiger partial charge in [-0.15, -0.1) is 0 Å². The number of aryl methyl sites for hydroxylation is 1. The normalized spacial score (nSPS) is 22.2. The van der Waals surface area contributed by atoms with Crippen molar-refractivity contribution in [2.24, 2.45) is 5.41 Å². The van der Waals surface area contributed by atoms with E-state index >= 15 is 0 Å². The minimum absolute atomic E-state index is 0.493. The van der Waals surface area contributed by atoms with Gasteiger partial charge in [-0.2, -0.15) is 0 Å². The second-order valence-electron chi connectivity index (χ2n) is 6.65. The van der Waals surface area contributed by atoms with Crippen LogP contribution >= 0.6 is 0 Å². The predicted molar refractivity (Wildman–Crippen MR) is 80.6 cm³/mol. The smallest absolute Gasteiger partial charge is 0.123 e. The summed E-state index contributed by atoms with van der Waals surface area (Å²) in [6.45, 7) is 7.81. The molecule has 19 heavy (non-hydrogen) atoms. The van der Waals surface area contributed by atoms with Gasteiger partial charge in [0.25, 0.3) is 0 Å². The molecule has 0 heterocycles. The molecule has 1 saturated carbocycles. The summed E-state index contributed by atoms with van der Waals surface area (Å²) in [7, 11) is 1.75. The zero-order valence-electron chi connectivity index (χ0n) is 12.8. The minimum atomic E-state index is 0.493. The van der Waals surface area contributed by atoms with Crippen LogP contribution in [-0.2, 0) is 6.54 Å². The van der Waals surface area contributed by atoms with Crippen LogP contribution < -0.4 is 10.1 Å². The van der Waals surface area contributed by atoms with Crippen molar-refractivity contribution in [2.75, 3.05) is 7.11 Å². The average Bonchev–Trinajstić information content (AvgIpc) is 2.35. The average molecular weight is 261 g/mol. The van der Waals surface area contributed by atoms with Crippen LogP contribution in [0.25, 0.3) is 0 Å². The standard InChI is InChI=1S/C17H27NO/c1-13-7-8-16(19-4)14(10-13)12-18-15-6-5-9-17(2,3)11-15/h7-8,10,15,18H,5-6,9,11-12H2,1-4H3. The van der Waals surface area contributed by atoms with E-state index in [1.54, 1.807) is 7.11 Å². The van der Waals surface area contributed by atoms with Crippen LogP contribution in [0.15, 0.2) is 18.2 Å². The molecule has 0 aliphatic heterocycles. The largest absolute Gasteiger partial charge is 0.496 e. The maximum atomic E-state index is 5.44. The summed E-state index contributed by atoms with van der Waals surface area (Å²) in [6, 6.07) is 7.04. The molecule has 0 radical (unpaired) electrons. The zero-order chi connectivity index (χ0) is 13.9. The second-order valence-corrected chi connectivity index (χ2v) is 6.65. The lowest BCUT2D eigenvalue weighted by molar-refractivity contribution is 0.197. The van der Waals surface area contributed by atoms with Gasteiger partial charge in [-0.05, 0) is 37.7 Å². The van der Waals surface area contributed by atoms with Crippen LogP contribution in [0.1, 0.15) is 50.7 Å². The number of rotatable bonds is 4. The fraction of sp³-hybridized carbons (Fsp3) is 0.647. The molecule has 2 heteroatoms. The van der Waals surface area contributed by atoms with Gasteiger partial charge in [0.05, 0.1) is 7.11 Å². The Labute approximate surface area is 117 Å². The molecular weight excluding hydrogens is 234 g/mol. The van der Waals surface area contributed by atoms with E-state index in [0.29, 0.717) is 11.5 Å². The molecule has 0 aromatic heterocycles. The second kappa shape index (κ2) is 5.96. The molecule has 1 atom stereocenters. The van der Waals surface area contributed by atoms with Crippen molar-refractivity contribution in [1.29, 1.82) is 0 Å². The topological polar surface area (TPSA) is 21.3 Å². The summed E-state index contributed by atoms with van der Waals surface area (Å²) < 4.78 is 5.44. The van der Waals surface area contributed by atoms with E-state index in [1.165, 1.54) is 36.8 Å². The molecule has 1 aromatic rings. The van der Waals surface area contributed by atoms with Crippen molar-refractivity contribution < 1.29 is 4.74 Å². The van der Waals surface area contributed by atoms with Crippen LogP contribution in [0.3, 0.4) is 0 Å². The van der Waals surface area contributed by atoms with Gasteiger partial charge in [-0.3, -0.25) is 0 Å². The fourth-order valence-corrected chi connectivity index (χ4v) is 3.17. The van der Waals surface area contributed by atoms with Gasteiger partial charge >= 0.3 is 0 Å². The van der Waals surface area contributed by atoms with Gasteiger partial charge in [0.1, 0.15) is 5.75 Å². The molecule has 1 aromatic carbocycles. The van der Waals surface area contributed by atoms with Gasteiger partial charge < -0.3 is 10.1 Å². The van der Waals surface area contributed by atoms with E-state index in [-0.39, 0.29) is 0 Å². The summed E-state index contributed by atoms with van der Waals surface area (Å²) in [5.74, 6) is 0.994. The number of nitrogens with one attached hydrogen (secondary N) is 1. The summed E-state index contributed by atoms with van der Waals surface area (Å²) in [5.41, 5.74) is 3.06. The molecule has 2 rings (SSSR count). The highest BCUT2D eigenvalue weighted by Gasteiger charge is 2.27. The third kappa shape index (κ3) is 3.97. The first-order chi connectivity index (χ1) is 9.00. The Kier molecular flexibility index (Phi) is 4.51. The molecule has 1 unspecified atom stereocenters. The lowest BCUT2D eigenvalue weighted by Gasteiger charge is -2.35. The van der Waals surface area contributed by atoms with Gasteiger partial charge in [0.2, 0.25) is 0 Å². The SMILES string of the molecule is COc1ccc(C)cc1CNC1CCCC(C)(C)C1. The number of methoxy groups -OCH3 is 1. The van der Waals surface area contributed by atoms with Crippen molar-refractivity contribution in [3.8, 4) is 5.75 Å². The molecule has 1 aliphatic carbocycles. The Balaban J connectivity index is 1.96. The molecule has 1 N–H and O–H groups in total. The third-order valence-electron chi connectivity index (χ3n) is 4.22. The summed E-state index contributed by atoms with van der Waals surface area (Å²) in [4.78, 5) is 0. The summed E-state index contributed by atoms with van der Waals surface area (Å²) >= 11 is 0. The number of ether oxygens (including phenoxy) is 1. The van der Waals surface area contributed by atoms with Crippen LogP contribution in [0.4, 0.5) is 0 Å². The monoisotopic (exact) mass is 261 g/mol. The summed E-state index contributed by atoms with van der Waals surface area (Å²) in [5, 5.41) is 3.72. The molecule has 1 aliphatic rings.